The fourth-order valence-electron chi connectivity index (χ4n) is 6.56. The topological polar surface area (TPSA) is 168 Å². The number of aromatic hydroxyl groups is 1. The number of nitrogens with zero attached hydrogens (tertiary/aromatic N) is 3. The van der Waals surface area contributed by atoms with Crippen LogP contribution in [0.3, 0.4) is 0 Å². The zero-order valence-electron chi connectivity index (χ0n) is 23.9. The summed E-state index contributed by atoms with van der Waals surface area (Å²) in [6.45, 7) is -0.482. The number of likely N-dealkylation sites (N-methyl/N-ethyl adjacent to an activating group) is 1. The van der Waals surface area contributed by atoms with Crippen molar-refractivity contribution in [2.45, 2.75) is 43.6 Å². The first-order valence-electron chi connectivity index (χ1n) is 13.3. The summed E-state index contributed by atoms with van der Waals surface area (Å²) in [7, 11) is 7.93. The first-order chi connectivity index (χ1) is 19.3. The molecule has 6 N–H and O–H groups in total. The van der Waals surface area contributed by atoms with E-state index in [1.807, 2.05) is 0 Å². The number of carbonyl (C=O) groups is 3. The number of nitrogens with two attached hydrogens (primary N) is 1. The van der Waals surface area contributed by atoms with E-state index in [9.17, 15) is 48.0 Å². The van der Waals surface area contributed by atoms with Gasteiger partial charge in [0.25, 0.3) is 5.91 Å². The van der Waals surface area contributed by atoms with Crippen LogP contribution in [0.5, 0.6) is 5.75 Å². The van der Waals surface area contributed by atoms with E-state index < -0.39 is 76.4 Å². The molecule has 4 rings (SSSR count). The number of halogens is 3. The molecule has 3 aliphatic carbocycles. The number of ketones is 2. The number of aliphatic hydroxyl groups is 3. The van der Waals surface area contributed by atoms with Gasteiger partial charge in [0.1, 0.15) is 22.8 Å². The molecule has 0 radical (unpaired) electrons. The Balaban J connectivity index is 1.87. The second kappa shape index (κ2) is 10.6. The molecule has 1 aromatic rings. The number of hydrogen-bond acceptors (Lipinski definition) is 10. The highest BCUT2D eigenvalue weighted by atomic mass is 19.4. The number of carbonyl (C=O) groups excluding carboxylic acids is 3. The molecule has 11 nitrogen and oxygen atoms in total. The monoisotopic (exact) mass is 596 g/mol. The molecule has 0 aliphatic heterocycles. The van der Waals surface area contributed by atoms with E-state index in [0.717, 1.165) is 0 Å². The van der Waals surface area contributed by atoms with Gasteiger partial charge in [-0.15, -0.1) is 0 Å². The quantitative estimate of drug-likeness (QED) is 0.292. The van der Waals surface area contributed by atoms with Crippen LogP contribution in [0.15, 0.2) is 28.7 Å². The maximum atomic E-state index is 14.0. The van der Waals surface area contributed by atoms with Crippen LogP contribution in [0, 0.1) is 11.8 Å². The van der Waals surface area contributed by atoms with Crippen molar-refractivity contribution < 1.29 is 48.0 Å². The lowest BCUT2D eigenvalue weighted by Crippen LogP contribution is -2.63. The minimum absolute atomic E-state index is 0.0542. The van der Waals surface area contributed by atoms with E-state index in [4.69, 9.17) is 5.73 Å². The van der Waals surface area contributed by atoms with E-state index >= 15 is 0 Å². The zero-order chi connectivity index (χ0) is 31.6. The smallest absolute Gasteiger partial charge is 0.390 e. The van der Waals surface area contributed by atoms with Crippen molar-refractivity contribution >= 4 is 23.2 Å². The lowest BCUT2D eigenvalue weighted by molar-refractivity contribution is -0.148. The predicted molar refractivity (Wildman–Crippen MR) is 145 cm³/mol. The van der Waals surface area contributed by atoms with Crippen LogP contribution < -0.4 is 10.6 Å². The summed E-state index contributed by atoms with van der Waals surface area (Å²) >= 11 is 0. The first-order valence-corrected chi connectivity index (χ1v) is 13.3. The van der Waals surface area contributed by atoms with Gasteiger partial charge in [-0.25, -0.2) is 0 Å². The molecule has 0 aromatic heterocycles. The van der Waals surface area contributed by atoms with Crippen molar-refractivity contribution in [2.24, 2.45) is 17.6 Å². The van der Waals surface area contributed by atoms with Gasteiger partial charge in [0.2, 0.25) is 5.78 Å². The van der Waals surface area contributed by atoms with Crippen molar-refractivity contribution in [1.82, 2.24) is 9.80 Å². The van der Waals surface area contributed by atoms with Gasteiger partial charge in [-0.3, -0.25) is 19.3 Å². The summed E-state index contributed by atoms with van der Waals surface area (Å²) in [6, 6.07) is 0.492. The third kappa shape index (κ3) is 4.90. The fraction of sp³-hybridized carbons (Fsp3) is 0.536. The molecule has 0 bridgehead atoms. The third-order valence-electron chi connectivity index (χ3n) is 8.48. The summed E-state index contributed by atoms with van der Waals surface area (Å²) < 4.78 is 38.3. The number of primary amides is 1. The molecule has 0 heterocycles. The molecule has 0 fully saturated rings. The molecule has 4 atom stereocenters. The molecule has 0 spiro atoms. The molecule has 230 valence electrons. The first kappa shape index (κ1) is 31.3. The van der Waals surface area contributed by atoms with Crippen LogP contribution in [0.4, 0.5) is 18.9 Å². The SMILES string of the molecule is CN(CCC(F)(F)F)Cc1cc(N(C)C)c2c(c1O)C(=O)C1=C(O)[C@]3(O)C(=O)C(C(N)=O)=C(O)[C@@H](N(C)C)C3CC1C2. The van der Waals surface area contributed by atoms with E-state index in [2.05, 4.69) is 0 Å². The van der Waals surface area contributed by atoms with Gasteiger partial charge in [-0.2, -0.15) is 13.2 Å². The predicted octanol–water partition coefficient (Wildman–Crippen LogP) is 1.57. The Bertz CT molecular complexity index is 1420. The van der Waals surface area contributed by atoms with E-state index in [1.165, 1.54) is 16.8 Å². The van der Waals surface area contributed by atoms with Gasteiger partial charge in [0, 0.05) is 49.9 Å². The number of alkyl halides is 3. The maximum Gasteiger partial charge on any atom is 0.390 e. The molecule has 14 heteroatoms. The second-order valence-corrected chi connectivity index (χ2v) is 11.7. The maximum absolute atomic E-state index is 14.0. The van der Waals surface area contributed by atoms with E-state index in [-0.39, 0.29) is 42.6 Å². The van der Waals surface area contributed by atoms with Crippen molar-refractivity contribution in [2.75, 3.05) is 46.7 Å². The van der Waals surface area contributed by atoms with E-state index in [1.54, 1.807) is 39.2 Å². The van der Waals surface area contributed by atoms with Crippen LogP contribution >= 0.6 is 0 Å². The van der Waals surface area contributed by atoms with Crippen LogP contribution in [0.25, 0.3) is 0 Å². The summed E-state index contributed by atoms with van der Waals surface area (Å²) in [5, 5.41) is 45.3. The summed E-state index contributed by atoms with van der Waals surface area (Å²) in [5.41, 5.74) is 2.31. The number of fused-ring (bicyclic) bond motifs is 3. The molecule has 2 unspecified atom stereocenters. The Hall–Kier alpha value is -3.62. The Morgan fingerprint density at radius 2 is 1.74 bits per heavy atom. The Morgan fingerprint density at radius 3 is 2.26 bits per heavy atom. The zero-order valence-corrected chi connectivity index (χ0v) is 23.9. The molecule has 3 aliphatic rings. The van der Waals surface area contributed by atoms with Gasteiger partial charge in [-0.1, -0.05) is 0 Å². The highest BCUT2D eigenvalue weighted by molar-refractivity contribution is 6.24. The number of Topliss-reactive ketones (excluding diaryl/α,β-unsaturated/α-hetero) is 2. The Morgan fingerprint density at radius 1 is 1.12 bits per heavy atom. The summed E-state index contributed by atoms with van der Waals surface area (Å²) in [5.74, 6) is -7.53. The number of rotatable bonds is 7. The van der Waals surface area contributed by atoms with Gasteiger partial charge >= 0.3 is 6.18 Å². The number of allylic oxidation sites excluding steroid dienone is 1. The van der Waals surface area contributed by atoms with Crippen LogP contribution in [-0.4, -0.2) is 107 Å². The van der Waals surface area contributed by atoms with Crippen molar-refractivity contribution in [3.63, 3.8) is 0 Å². The normalized spacial score (nSPS) is 26.0. The minimum Gasteiger partial charge on any atom is -0.510 e. The van der Waals surface area contributed by atoms with Crippen LogP contribution in [0.1, 0.15) is 34.3 Å². The molecule has 1 amide bonds. The average Bonchev–Trinajstić information content (AvgIpc) is 2.85. The third-order valence-corrected chi connectivity index (χ3v) is 8.48. The summed E-state index contributed by atoms with van der Waals surface area (Å²) in [6.07, 6.45) is -5.41. The number of anilines is 1. The standard InChI is InChI=1S/C28H35F3N4O7/c1-33(2)16-10-13(11-35(5)7-6-27(29,30)31)21(36)18-14(16)8-12-9-15-20(34(3)4)23(38)19(26(32)41)25(40)28(15,42)24(39)17(12)22(18)37/h10,12,15,20,36,38-39,42H,6-9,11H2,1-5H3,(H2,32,41)/t12?,15?,20-,28-/m0/s1. The molecule has 42 heavy (non-hydrogen) atoms. The Labute approximate surface area is 240 Å². The molecular formula is C28H35F3N4O7. The van der Waals surface area contributed by atoms with Crippen molar-refractivity contribution in [3.8, 4) is 5.75 Å². The second-order valence-electron chi connectivity index (χ2n) is 11.7. The average molecular weight is 597 g/mol. The lowest BCUT2D eigenvalue weighted by atomic mass is 9.58. The Kier molecular flexibility index (Phi) is 7.89. The van der Waals surface area contributed by atoms with Crippen LogP contribution in [0.2, 0.25) is 0 Å². The van der Waals surface area contributed by atoms with Crippen LogP contribution in [-0.2, 0) is 22.6 Å². The largest absolute Gasteiger partial charge is 0.510 e. The number of amides is 1. The number of aliphatic hydroxyl groups excluding tert-OH is 2. The van der Waals surface area contributed by atoms with Gasteiger partial charge in [0.05, 0.1) is 18.0 Å². The number of phenolic OH excluding ortho intramolecular Hbond substituents is 1. The minimum atomic E-state index is -4.38. The lowest BCUT2D eigenvalue weighted by Gasteiger charge is -2.50. The van der Waals surface area contributed by atoms with Gasteiger partial charge < -0.3 is 36.0 Å². The summed E-state index contributed by atoms with van der Waals surface area (Å²) in [4.78, 5) is 44.1. The van der Waals surface area contributed by atoms with Crippen molar-refractivity contribution in [3.05, 3.63) is 45.4 Å². The number of phenols is 1. The number of hydrogen-bond donors (Lipinski definition) is 5. The molecular weight excluding hydrogens is 561 g/mol. The van der Waals surface area contributed by atoms with Gasteiger partial charge in [-0.05, 0) is 51.5 Å². The van der Waals surface area contributed by atoms with Gasteiger partial charge in [0.15, 0.2) is 11.4 Å². The highest BCUT2D eigenvalue weighted by Crippen LogP contribution is 2.53. The molecule has 1 aromatic carbocycles. The molecule has 0 saturated carbocycles. The highest BCUT2D eigenvalue weighted by Gasteiger charge is 2.63. The molecule has 0 saturated heterocycles. The van der Waals surface area contributed by atoms with Crippen molar-refractivity contribution in [1.29, 1.82) is 0 Å². The number of benzene rings is 1. The van der Waals surface area contributed by atoms with E-state index in [0.29, 0.717) is 11.3 Å². The fourth-order valence-corrected chi connectivity index (χ4v) is 6.56.